The lowest BCUT2D eigenvalue weighted by Gasteiger charge is -2.24. The third-order valence-corrected chi connectivity index (χ3v) is 4.04. The second-order valence-corrected chi connectivity index (χ2v) is 6.31. The van der Waals surface area contributed by atoms with Crippen LogP contribution < -0.4 is 5.32 Å². The van der Waals surface area contributed by atoms with Crippen LogP contribution >= 0.6 is 0 Å². The highest BCUT2D eigenvalue weighted by Crippen LogP contribution is 2.16. The topological polar surface area (TPSA) is 67.6 Å². The van der Waals surface area contributed by atoms with Gasteiger partial charge in [0.25, 0.3) is 0 Å². The van der Waals surface area contributed by atoms with Crippen LogP contribution in [-0.2, 0) is 16.1 Å². The number of ether oxygens (including phenoxy) is 1. The SMILES string of the molecule is Cc1cc(NC(=O)CN(Cc2cccc(F)c2)CC2CCCO2)no1. The van der Waals surface area contributed by atoms with Gasteiger partial charge in [-0.05, 0) is 37.5 Å². The molecule has 0 spiro atoms. The number of rotatable bonds is 7. The summed E-state index contributed by atoms with van der Waals surface area (Å²) in [6, 6.07) is 8.08. The zero-order chi connectivity index (χ0) is 17.6. The molecule has 1 N–H and O–H groups in total. The molecule has 2 heterocycles. The van der Waals surface area contributed by atoms with Crippen LogP contribution in [0.25, 0.3) is 0 Å². The first-order chi connectivity index (χ1) is 12.1. The number of anilines is 1. The molecule has 1 saturated heterocycles. The number of halogens is 1. The number of nitrogens with one attached hydrogen (secondary N) is 1. The Kier molecular flexibility index (Phi) is 5.78. The number of aryl methyl sites for hydroxylation is 1. The van der Waals surface area contributed by atoms with Crippen LogP contribution in [0.5, 0.6) is 0 Å². The average Bonchev–Trinajstić information content (AvgIpc) is 3.19. The van der Waals surface area contributed by atoms with Gasteiger partial charge in [0.15, 0.2) is 5.82 Å². The molecule has 0 saturated carbocycles. The monoisotopic (exact) mass is 347 g/mol. The fraction of sp³-hybridized carbons (Fsp3) is 0.444. The summed E-state index contributed by atoms with van der Waals surface area (Å²) in [4.78, 5) is 14.3. The second-order valence-electron chi connectivity index (χ2n) is 6.31. The van der Waals surface area contributed by atoms with Crippen LogP contribution in [0.3, 0.4) is 0 Å². The lowest BCUT2D eigenvalue weighted by Crippen LogP contribution is -2.38. The van der Waals surface area contributed by atoms with E-state index in [1.165, 1.54) is 12.1 Å². The molecule has 0 radical (unpaired) electrons. The van der Waals surface area contributed by atoms with Gasteiger partial charge in [-0.15, -0.1) is 0 Å². The Morgan fingerprint density at radius 2 is 2.32 bits per heavy atom. The Morgan fingerprint density at radius 1 is 1.44 bits per heavy atom. The van der Waals surface area contributed by atoms with Gasteiger partial charge in [0.1, 0.15) is 11.6 Å². The molecule has 0 bridgehead atoms. The average molecular weight is 347 g/mol. The molecular formula is C18H22FN3O3. The van der Waals surface area contributed by atoms with E-state index in [0.29, 0.717) is 24.7 Å². The van der Waals surface area contributed by atoms with Crippen molar-refractivity contribution in [3.8, 4) is 0 Å². The highest BCUT2D eigenvalue weighted by atomic mass is 19.1. The Labute approximate surface area is 145 Å². The number of amides is 1. The van der Waals surface area contributed by atoms with E-state index in [-0.39, 0.29) is 24.4 Å². The highest BCUT2D eigenvalue weighted by Gasteiger charge is 2.21. The first-order valence-corrected chi connectivity index (χ1v) is 8.40. The van der Waals surface area contributed by atoms with Gasteiger partial charge in [0.05, 0.1) is 12.6 Å². The molecule has 1 amide bonds. The van der Waals surface area contributed by atoms with E-state index in [1.807, 2.05) is 11.0 Å². The van der Waals surface area contributed by atoms with E-state index >= 15 is 0 Å². The standard InChI is InChI=1S/C18H22FN3O3/c1-13-8-17(21-25-13)20-18(23)12-22(11-16-6-3-7-24-16)10-14-4-2-5-15(19)9-14/h2,4-5,8-9,16H,3,6-7,10-12H2,1H3,(H,20,21,23). The van der Waals surface area contributed by atoms with Gasteiger partial charge < -0.3 is 14.6 Å². The maximum Gasteiger partial charge on any atom is 0.239 e. The number of nitrogens with zero attached hydrogens (tertiary/aromatic N) is 2. The molecule has 1 aromatic heterocycles. The molecule has 2 aromatic rings. The molecule has 1 atom stereocenters. The predicted molar refractivity (Wildman–Crippen MR) is 90.5 cm³/mol. The van der Waals surface area contributed by atoms with Gasteiger partial charge >= 0.3 is 0 Å². The summed E-state index contributed by atoms with van der Waals surface area (Å²) >= 11 is 0. The number of hydrogen-bond donors (Lipinski definition) is 1. The summed E-state index contributed by atoms with van der Waals surface area (Å²) in [6.45, 7) is 3.78. The molecule has 0 aliphatic carbocycles. The van der Waals surface area contributed by atoms with E-state index in [0.717, 1.165) is 25.0 Å². The Morgan fingerprint density at radius 3 is 3.00 bits per heavy atom. The zero-order valence-electron chi connectivity index (χ0n) is 14.2. The third-order valence-electron chi connectivity index (χ3n) is 4.04. The number of hydrogen-bond acceptors (Lipinski definition) is 5. The van der Waals surface area contributed by atoms with Crippen LogP contribution in [0.4, 0.5) is 10.2 Å². The Hall–Kier alpha value is -2.25. The first kappa shape index (κ1) is 17.6. The number of benzene rings is 1. The molecular weight excluding hydrogens is 325 g/mol. The van der Waals surface area contributed by atoms with Crippen LogP contribution in [0.2, 0.25) is 0 Å². The lowest BCUT2D eigenvalue weighted by atomic mass is 10.1. The van der Waals surface area contributed by atoms with Crippen molar-refractivity contribution in [1.29, 1.82) is 0 Å². The van der Waals surface area contributed by atoms with Gasteiger partial charge in [-0.2, -0.15) is 0 Å². The highest BCUT2D eigenvalue weighted by molar-refractivity contribution is 5.91. The van der Waals surface area contributed by atoms with Crippen molar-refractivity contribution in [1.82, 2.24) is 10.1 Å². The minimum absolute atomic E-state index is 0.107. The maximum absolute atomic E-state index is 13.4. The summed E-state index contributed by atoms with van der Waals surface area (Å²) in [5.74, 6) is 0.552. The fourth-order valence-electron chi connectivity index (χ4n) is 2.97. The number of aromatic nitrogens is 1. The normalized spacial score (nSPS) is 17.2. The van der Waals surface area contributed by atoms with Crippen molar-refractivity contribution < 1.29 is 18.4 Å². The number of carbonyl (C=O) groups excluding carboxylic acids is 1. The van der Waals surface area contributed by atoms with Crippen LogP contribution in [0.1, 0.15) is 24.2 Å². The fourth-order valence-corrected chi connectivity index (χ4v) is 2.97. The molecule has 1 aliphatic heterocycles. The van der Waals surface area contributed by atoms with Crippen molar-refractivity contribution in [2.45, 2.75) is 32.4 Å². The lowest BCUT2D eigenvalue weighted by molar-refractivity contribution is -0.117. The van der Waals surface area contributed by atoms with Crippen molar-refractivity contribution in [2.24, 2.45) is 0 Å². The minimum Gasteiger partial charge on any atom is -0.377 e. The van der Waals surface area contributed by atoms with Crippen LogP contribution in [-0.4, -0.2) is 41.8 Å². The van der Waals surface area contributed by atoms with Gasteiger partial charge in [0.2, 0.25) is 5.91 Å². The van der Waals surface area contributed by atoms with Crippen LogP contribution in [0.15, 0.2) is 34.9 Å². The van der Waals surface area contributed by atoms with E-state index in [1.54, 1.807) is 19.1 Å². The van der Waals surface area contributed by atoms with E-state index in [4.69, 9.17) is 9.26 Å². The Balaban J connectivity index is 1.63. The largest absolute Gasteiger partial charge is 0.377 e. The van der Waals surface area contributed by atoms with Crippen molar-refractivity contribution in [3.05, 3.63) is 47.5 Å². The van der Waals surface area contributed by atoms with Crippen molar-refractivity contribution in [3.63, 3.8) is 0 Å². The molecule has 1 aliphatic rings. The molecule has 3 rings (SSSR count). The summed E-state index contributed by atoms with van der Waals surface area (Å²) < 4.78 is 24.1. The summed E-state index contributed by atoms with van der Waals surface area (Å²) in [5, 5.41) is 6.48. The molecule has 6 nitrogen and oxygen atoms in total. The van der Waals surface area contributed by atoms with Crippen molar-refractivity contribution in [2.75, 3.05) is 25.0 Å². The summed E-state index contributed by atoms with van der Waals surface area (Å²) in [7, 11) is 0. The first-order valence-electron chi connectivity index (χ1n) is 8.40. The number of carbonyl (C=O) groups is 1. The predicted octanol–water partition coefficient (Wildman–Crippen LogP) is 2.74. The van der Waals surface area contributed by atoms with Crippen LogP contribution in [0, 0.1) is 12.7 Å². The minimum atomic E-state index is -0.280. The van der Waals surface area contributed by atoms with E-state index in [9.17, 15) is 9.18 Å². The van der Waals surface area contributed by atoms with Crippen molar-refractivity contribution >= 4 is 11.7 Å². The zero-order valence-corrected chi connectivity index (χ0v) is 14.2. The van der Waals surface area contributed by atoms with Gasteiger partial charge in [0, 0.05) is 25.8 Å². The van der Waals surface area contributed by atoms with E-state index in [2.05, 4.69) is 10.5 Å². The smallest absolute Gasteiger partial charge is 0.239 e. The third kappa shape index (κ3) is 5.37. The maximum atomic E-state index is 13.4. The van der Waals surface area contributed by atoms with Gasteiger partial charge in [-0.1, -0.05) is 17.3 Å². The Bertz CT molecular complexity index is 713. The molecule has 7 heteroatoms. The van der Waals surface area contributed by atoms with E-state index < -0.39 is 0 Å². The molecule has 134 valence electrons. The van der Waals surface area contributed by atoms with Gasteiger partial charge in [-0.3, -0.25) is 9.69 Å². The summed E-state index contributed by atoms with van der Waals surface area (Å²) in [5.41, 5.74) is 0.822. The molecule has 25 heavy (non-hydrogen) atoms. The summed E-state index contributed by atoms with van der Waals surface area (Å²) in [6.07, 6.45) is 2.11. The molecule has 1 fully saturated rings. The molecule has 1 aromatic carbocycles. The quantitative estimate of drug-likeness (QED) is 0.834. The van der Waals surface area contributed by atoms with Gasteiger partial charge in [-0.25, -0.2) is 4.39 Å². The second kappa shape index (κ2) is 8.22. The molecule has 1 unspecified atom stereocenters.